The summed E-state index contributed by atoms with van der Waals surface area (Å²) in [5.74, 6) is 0.593. The molecule has 0 saturated heterocycles. The van der Waals surface area contributed by atoms with Crippen LogP contribution in [0.25, 0.3) is 11.1 Å². The summed E-state index contributed by atoms with van der Waals surface area (Å²) in [6.45, 7) is 5.92. The predicted octanol–water partition coefficient (Wildman–Crippen LogP) is 3.74. The summed E-state index contributed by atoms with van der Waals surface area (Å²) >= 11 is 5.91. The van der Waals surface area contributed by atoms with Gasteiger partial charge in [-0.3, -0.25) is 0 Å². The Morgan fingerprint density at radius 3 is 2.71 bits per heavy atom. The van der Waals surface area contributed by atoms with Crippen LogP contribution in [0.5, 0.6) is 0 Å². The molecule has 1 heterocycles. The van der Waals surface area contributed by atoms with Gasteiger partial charge in [-0.15, -0.1) is 11.6 Å². The molecular weight excluding hydrogens is 198 g/mol. The van der Waals surface area contributed by atoms with Crippen LogP contribution in [0.2, 0.25) is 0 Å². The van der Waals surface area contributed by atoms with Gasteiger partial charge in [-0.2, -0.15) is 0 Å². The molecule has 3 heteroatoms. The zero-order chi connectivity index (χ0) is 10.3. The zero-order valence-electron chi connectivity index (χ0n) is 8.47. The van der Waals surface area contributed by atoms with E-state index in [2.05, 4.69) is 11.1 Å². The van der Waals surface area contributed by atoms with Crippen molar-refractivity contribution in [3.8, 4) is 0 Å². The van der Waals surface area contributed by atoms with Gasteiger partial charge in [0.1, 0.15) is 10.9 Å². The third kappa shape index (κ3) is 1.50. The number of nitrogens with zero attached hydrogens (tertiary/aromatic N) is 1. The Hall–Kier alpha value is -1.02. The molecule has 0 aliphatic rings. The first-order valence-corrected chi connectivity index (χ1v) is 5.03. The SMILES string of the molecule is Cc1cc(C)c2oc(C(C)Cl)nc2c1. The summed E-state index contributed by atoms with van der Waals surface area (Å²) < 4.78 is 5.57. The first-order chi connectivity index (χ1) is 6.58. The van der Waals surface area contributed by atoms with E-state index >= 15 is 0 Å². The average molecular weight is 210 g/mol. The molecule has 14 heavy (non-hydrogen) atoms. The van der Waals surface area contributed by atoms with E-state index in [1.165, 1.54) is 5.56 Å². The minimum absolute atomic E-state index is 0.179. The number of alkyl halides is 1. The van der Waals surface area contributed by atoms with Gasteiger partial charge in [-0.05, 0) is 38.0 Å². The number of aryl methyl sites for hydroxylation is 2. The molecule has 1 aromatic carbocycles. The smallest absolute Gasteiger partial charge is 0.213 e. The van der Waals surface area contributed by atoms with E-state index in [1.54, 1.807) is 0 Å². The van der Waals surface area contributed by atoms with Gasteiger partial charge in [0.25, 0.3) is 0 Å². The standard InChI is InChI=1S/C11H12ClNO/c1-6-4-7(2)10-9(5-6)13-11(14-10)8(3)12/h4-5,8H,1-3H3. The van der Waals surface area contributed by atoms with E-state index < -0.39 is 0 Å². The van der Waals surface area contributed by atoms with Gasteiger partial charge in [0.15, 0.2) is 5.58 Å². The highest BCUT2D eigenvalue weighted by atomic mass is 35.5. The van der Waals surface area contributed by atoms with Crippen molar-refractivity contribution in [2.45, 2.75) is 26.1 Å². The number of fused-ring (bicyclic) bond motifs is 1. The highest BCUT2D eigenvalue weighted by Gasteiger charge is 2.12. The molecule has 1 atom stereocenters. The number of aromatic nitrogens is 1. The Morgan fingerprint density at radius 2 is 2.07 bits per heavy atom. The summed E-state index contributed by atoms with van der Waals surface area (Å²) in [7, 11) is 0. The maximum absolute atomic E-state index is 5.91. The Bertz CT molecular complexity index is 473. The van der Waals surface area contributed by atoms with Gasteiger partial charge >= 0.3 is 0 Å². The number of oxazole rings is 1. The van der Waals surface area contributed by atoms with Crippen LogP contribution in [-0.2, 0) is 0 Å². The Kier molecular flexibility index (Phi) is 2.23. The monoisotopic (exact) mass is 209 g/mol. The van der Waals surface area contributed by atoms with Crippen molar-refractivity contribution in [1.29, 1.82) is 0 Å². The predicted molar refractivity (Wildman–Crippen MR) is 57.8 cm³/mol. The van der Waals surface area contributed by atoms with Crippen LogP contribution >= 0.6 is 11.6 Å². The fourth-order valence-electron chi connectivity index (χ4n) is 1.56. The molecule has 2 aromatic rings. The normalized spacial score (nSPS) is 13.4. The summed E-state index contributed by atoms with van der Waals surface area (Å²) in [6.07, 6.45) is 0. The average Bonchev–Trinajstić information content (AvgIpc) is 2.47. The van der Waals surface area contributed by atoms with Gasteiger partial charge in [-0.25, -0.2) is 4.98 Å². The Labute approximate surface area is 87.9 Å². The molecule has 0 N–H and O–H groups in total. The van der Waals surface area contributed by atoms with Crippen molar-refractivity contribution >= 4 is 22.7 Å². The van der Waals surface area contributed by atoms with Crippen molar-refractivity contribution < 1.29 is 4.42 Å². The molecule has 0 amide bonds. The first-order valence-electron chi connectivity index (χ1n) is 4.59. The zero-order valence-corrected chi connectivity index (χ0v) is 9.22. The molecular formula is C11H12ClNO. The van der Waals surface area contributed by atoms with Crippen LogP contribution in [0.3, 0.4) is 0 Å². The molecule has 74 valence electrons. The number of hydrogen-bond donors (Lipinski definition) is 0. The molecule has 1 aromatic heterocycles. The van der Waals surface area contributed by atoms with Gasteiger partial charge in [0.05, 0.1) is 0 Å². The number of hydrogen-bond acceptors (Lipinski definition) is 2. The van der Waals surface area contributed by atoms with Crippen molar-refractivity contribution in [3.63, 3.8) is 0 Å². The molecule has 0 spiro atoms. The molecule has 0 fully saturated rings. The largest absolute Gasteiger partial charge is 0.439 e. The highest BCUT2D eigenvalue weighted by Crippen LogP contribution is 2.26. The lowest BCUT2D eigenvalue weighted by Gasteiger charge is -1.95. The van der Waals surface area contributed by atoms with E-state index in [4.69, 9.17) is 16.0 Å². The van der Waals surface area contributed by atoms with Crippen LogP contribution in [-0.4, -0.2) is 4.98 Å². The molecule has 0 radical (unpaired) electrons. The molecule has 1 unspecified atom stereocenters. The van der Waals surface area contributed by atoms with Crippen LogP contribution in [0, 0.1) is 13.8 Å². The van der Waals surface area contributed by atoms with Crippen LogP contribution < -0.4 is 0 Å². The maximum Gasteiger partial charge on any atom is 0.213 e. The van der Waals surface area contributed by atoms with Gasteiger partial charge in [0.2, 0.25) is 5.89 Å². The summed E-state index contributed by atoms with van der Waals surface area (Å²) in [5, 5.41) is -0.179. The lowest BCUT2D eigenvalue weighted by atomic mass is 10.1. The van der Waals surface area contributed by atoms with Crippen LogP contribution in [0.1, 0.15) is 29.3 Å². The van der Waals surface area contributed by atoms with E-state index in [-0.39, 0.29) is 5.38 Å². The van der Waals surface area contributed by atoms with Crippen molar-refractivity contribution in [1.82, 2.24) is 4.98 Å². The summed E-state index contributed by atoms with van der Waals surface area (Å²) in [5.41, 5.74) is 4.04. The summed E-state index contributed by atoms with van der Waals surface area (Å²) in [6, 6.07) is 4.09. The Morgan fingerprint density at radius 1 is 1.36 bits per heavy atom. The van der Waals surface area contributed by atoms with E-state index in [0.717, 1.165) is 16.7 Å². The van der Waals surface area contributed by atoms with Gasteiger partial charge < -0.3 is 4.42 Å². The second-order valence-corrected chi connectivity index (χ2v) is 4.25. The Balaban J connectivity index is 2.70. The minimum Gasteiger partial charge on any atom is -0.439 e. The van der Waals surface area contributed by atoms with E-state index in [0.29, 0.717) is 5.89 Å². The highest BCUT2D eigenvalue weighted by molar-refractivity contribution is 6.20. The number of rotatable bonds is 1. The fourth-order valence-corrected chi connectivity index (χ4v) is 1.66. The molecule has 0 bridgehead atoms. The van der Waals surface area contributed by atoms with Crippen molar-refractivity contribution in [2.24, 2.45) is 0 Å². The maximum atomic E-state index is 5.91. The van der Waals surface area contributed by atoms with Crippen LogP contribution in [0.15, 0.2) is 16.5 Å². The van der Waals surface area contributed by atoms with Crippen molar-refractivity contribution in [2.75, 3.05) is 0 Å². The minimum atomic E-state index is -0.179. The number of benzene rings is 1. The van der Waals surface area contributed by atoms with Gasteiger partial charge in [0, 0.05) is 0 Å². The third-order valence-electron chi connectivity index (χ3n) is 2.18. The second kappa shape index (κ2) is 3.28. The van der Waals surface area contributed by atoms with E-state index in [1.807, 2.05) is 26.8 Å². The molecule has 0 aliphatic carbocycles. The molecule has 2 rings (SSSR count). The first kappa shape index (κ1) is 9.53. The lowest BCUT2D eigenvalue weighted by Crippen LogP contribution is -1.81. The third-order valence-corrected chi connectivity index (χ3v) is 2.36. The summed E-state index contributed by atoms with van der Waals surface area (Å²) in [4.78, 5) is 4.34. The van der Waals surface area contributed by atoms with Crippen molar-refractivity contribution in [3.05, 3.63) is 29.2 Å². The topological polar surface area (TPSA) is 26.0 Å². The molecule has 2 nitrogen and oxygen atoms in total. The fraction of sp³-hybridized carbons (Fsp3) is 0.364. The number of halogens is 1. The second-order valence-electron chi connectivity index (χ2n) is 3.60. The quantitative estimate of drug-likeness (QED) is 0.669. The molecule has 0 aliphatic heterocycles. The van der Waals surface area contributed by atoms with E-state index in [9.17, 15) is 0 Å². The lowest BCUT2D eigenvalue weighted by molar-refractivity contribution is 0.530. The van der Waals surface area contributed by atoms with Gasteiger partial charge in [-0.1, -0.05) is 6.07 Å². The molecule has 0 saturated carbocycles. The van der Waals surface area contributed by atoms with Crippen LogP contribution in [0.4, 0.5) is 0 Å².